The second-order valence-corrected chi connectivity index (χ2v) is 5.08. The Morgan fingerprint density at radius 3 is 2.45 bits per heavy atom. The number of unbranched alkanes of at least 4 members (excludes halogenated alkanes) is 2. The molecule has 0 atom stereocenters. The number of hydrazine groups is 1. The Morgan fingerprint density at radius 1 is 1.20 bits per heavy atom. The van der Waals surface area contributed by atoms with Crippen LogP contribution < -0.4 is 11.3 Å². The summed E-state index contributed by atoms with van der Waals surface area (Å²) in [5, 5.41) is 8.72. The van der Waals surface area contributed by atoms with Gasteiger partial charge in [-0.3, -0.25) is 10.2 Å². The molecule has 1 aromatic carbocycles. The summed E-state index contributed by atoms with van der Waals surface area (Å²) in [6.45, 7) is 2.20. The second kappa shape index (κ2) is 9.47. The average molecular weight is 279 g/mol. The van der Waals surface area contributed by atoms with Gasteiger partial charge in [0.1, 0.15) is 0 Å². The van der Waals surface area contributed by atoms with Gasteiger partial charge in [-0.15, -0.1) is 0 Å². The molecule has 0 saturated carbocycles. The predicted molar refractivity (Wildman–Crippen MR) is 79.7 cm³/mol. The summed E-state index contributed by atoms with van der Waals surface area (Å²) < 4.78 is 0. The highest BCUT2D eigenvalue weighted by Crippen LogP contribution is 2.08. The Bertz CT molecular complexity index is 393. The summed E-state index contributed by atoms with van der Waals surface area (Å²) in [6.07, 6.45) is 3.36. The maximum Gasteiger partial charge on any atom is 0.238 e. The van der Waals surface area contributed by atoms with E-state index >= 15 is 0 Å². The van der Waals surface area contributed by atoms with Crippen LogP contribution in [0.3, 0.4) is 0 Å². The average Bonchev–Trinajstić information content (AvgIpc) is 2.45. The third-order valence-corrected chi connectivity index (χ3v) is 3.20. The van der Waals surface area contributed by atoms with Crippen molar-refractivity contribution in [3.05, 3.63) is 35.4 Å². The van der Waals surface area contributed by atoms with E-state index in [2.05, 4.69) is 17.4 Å². The van der Waals surface area contributed by atoms with Crippen LogP contribution in [0, 0.1) is 0 Å². The molecule has 0 aromatic heterocycles. The molecule has 0 aliphatic rings. The van der Waals surface area contributed by atoms with E-state index in [4.69, 9.17) is 10.9 Å². The number of amides is 1. The molecule has 0 spiro atoms. The molecule has 1 aromatic rings. The summed E-state index contributed by atoms with van der Waals surface area (Å²) in [5.41, 5.74) is 4.32. The van der Waals surface area contributed by atoms with Crippen LogP contribution in [0.4, 0.5) is 0 Å². The molecular formula is C15H25N3O2. The standard InChI is InChI=1S/C15H25N3O2/c1-18(9-3-2-4-10-19)12-14-7-5-13(6-8-14)11-15(20)17-16/h5-8,19H,2-4,9-12,16H2,1H3,(H,17,20). The molecule has 0 bridgehead atoms. The lowest BCUT2D eigenvalue weighted by Gasteiger charge is -2.16. The molecule has 5 heteroatoms. The van der Waals surface area contributed by atoms with E-state index in [1.54, 1.807) is 0 Å². The number of aliphatic hydroxyl groups excluding tert-OH is 1. The van der Waals surface area contributed by atoms with Gasteiger partial charge in [-0.05, 0) is 44.0 Å². The first-order valence-electron chi connectivity index (χ1n) is 7.02. The number of carbonyl (C=O) groups excluding carboxylic acids is 1. The van der Waals surface area contributed by atoms with Crippen LogP contribution in [0.1, 0.15) is 30.4 Å². The molecule has 4 N–H and O–H groups in total. The van der Waals surface area contributed by atoms with E-state index in [-0.39, 0.29) is 12.5 Å². The van der Waals surface area contributed by atoms with Crippen molar-refractivity contribution in [3.8, 4) is 0 Å². The van der Waals surface area contributed by atoms with E-state index in [9.17, 15) is 4.79 Å². The molecule has 1 amide bonds. The van der Waals surface area contributed by atoms with E-state index < -0.39 is 0 Å². The highest BCUT2D eigenvalue weighted by atomic mass is 16.2. The number of nitrogens with one attached hydrogen (secondary N) is 1. The zero-order valence-electron chi connectivity index (χ0n) is 12.1. The zero-order chi connectivity index (χ0) is 14.8. The van der Waals surface area contributed by atoms with Crippen LogP contribution in [-0.4, -0.2) is 36.1 Å². The van der Waals surface area contributed by atoms with E-state index in [1.165, 1.54) is 5.56 Å². The van der Waals surface area contributed by atoms with Gasteiger partial charge in [-0.25, -0.2) is 5.84 Å². The number of nitrogens with two attached hydrogens (primary N) is 1. The first kappa shape index (κ1) is 16.6. The molecule has 0 fully saturated rings. The first-order chi connectivity index (χ1) is 9.65. The lowest BCUT2D eigenvalue weighted by Crippen LogP contribution is -2.31. The van der Waals surface area contributed by atoms with Crippen LogP contribution in [0.2, 0.25) is 0 Å². The fourth-order valence-corrected chi connectivity index (χ4v) is 2.06. The van der Waals surface area contributed by atoms with Gasteiger partial charge in [0.15, 0.2) is 0 Å². The predicted octanol–water partition coefficient (Wildman–Crippen LogP) is 0.813. The molecular weight excluding hydrogens is 254 g/mol. The van der Waals surface area contributed by atoms with Gasteiger partial charge in [-0.1, -0.05) is 24.3 Å². The van der Waals surface area contributed by atoms with E-state index in [1.807, 2.05) is 24.3 Å². The highest BCUT2D eigenvalue weighted by molar-refractivity contribution is 5.77. The van der Waals surface area contributed by atoms with Crippen molar-refractivity contribution in [2.75, 3.05) is 20.2 Å². The minimum absolute atomic E-state index is 0.182. The van der Waals surface area contributed by atoms with Crippen LogP contribution >= 0.6 is 0 Å². The fraction of sp³-hybridized carbons (Fsp3) is 0.533. The van der Waals surface area contributed by atoms with Gasteiger partial charge in [-0.2, -0.15) is 0 Å². The van der Waals surface area contributed by atoms with Gasteiger partial charge in [0.2, 0.25) is 5.91 Å². The zero-order valence-corrected chi connectivity index (χ0v) is 12.1. The van der Waals surface area contributed by atoms with Crippen molar-refractivity contribution in [1.29, 1.82) is 0 Å². The topological polar surface area (TPSA) is 78.6 Å². The molecule has 0 unspecified atom stereocenters. The number of carbonyl (C=O) groups is 1. The third kappa shape index (κ3) is 6.65. The monoisotopic (exact) mass is 279 g/mol. The van der Waals surface area contributed by atoms with Crippen molar-refractivity contribution >= 4 is 5.91 Å². The summed E-state index contributed by atoms with van der Waals surface area (Å²) in [4.78, 5) is 13.4. The van der Waals surface area contributed by atoms with Gasteiger partial charge in [0.05, 0.1) is 6.42 Å². The summed E-state index contributed by atoms with van der Waals surface area (Å²) >= 11 is 0. The first-order valence-corrected chi connectivity index (χ1v) is 7.02. The van der Waals surface area contributed by atoms with Crippen molar-refractivity contribution in [2.24, 2.45) is 5.84 Å². The van der Waals surface area contributed by atoms with E-state index in [0.29, 0.717) is 6.42 Å². The molecule has 112 valence electrons. The number of hydrogen-bond donors (Lipinski definition) is 3. The molecule has 20 heavy (non-hydrogen) atoms. The van der Waals surface area contributed by atoms with Crippen LogP contribution in [-0.2, 0) is 17.8 Å². The molecule has 0 aliphatic heterocycles. The van der Waals surface area contributed by atoms with Crippen molar-refractivity contribution in [1.82, 2.24) is 10.3 Å². The lowest BCUT2D eigenvalue weighted by molar-refractivity contribution is -0.120. The number of nitrogens with zero attached hydrogens (tertiary/aromatic N) is 1. The largest absolute Gasteiger partial charge is 0.396 e. The maximum atomic E-state index is 11.2. The highest BCUT2D eigenvalue weighted by Gasteiger charge is 2.03. The Labute approximate surface area is 120 Å². The number of rotatable bonds is 9. The molecule has 0 saturated heterocycles. The fourth-order valence-electron chi connectivity index (χ4n) is 2.06. The molecule has 0 aliphatic carbocycles. The van der Waals surface area contributed by atoms with E-state index in [0.717, 1.165) is 37.9 Å². The van der Waals surface area contributed by atoms with Crippen LogP contribution in [0.15, 0.2) is 24.3 Å². The quantitative estimate of drug-likeness (QED) is 0.270. The van der Waals surface area contributed by atoms with Gasteiger partial charge < -0.3 is 10.0 Å². The lowest BCUT2D eigenvalue weighted by atomic mass is 10.1. The number of aliphatic hydroxyl groups is 1. The van der Waals surface area contributed by atoms with Crippen molar-refractivity contribution in [2.45, 2.75) is 32.2 Å². The molecule has 0 heterocycles. The molecule has 0 radical (unpaired) electrons. The summed E-state index contributed by atoms with van der Waals surface area (Å²) in [6, 6.07) is 8.01. The smallest absolute Gasteiger partial charge is 0.238 e. The Morgan fingerprint density at radius 2 is 1.85 bits per heavy atom. The van der Waals surface area contributed by atoms with Crippen molar-refractivity contribution in [3.63, 3.8) is 0 Å². The van der Waals surface area contributed by atoms with Crippen LogP contribution in [0.5, 0.6) is 0 Å². The number of hydrogen-bond acceptors (Lipinski definition) is 4. The second-order valence-electron chi connectivity index (χ2n) is 5.08. The summed E-state index contributed by atoms with van der Waals surface area (Å²) in [7, 11) is 2.09. The van der Waals surface area contributed by atoms with Crippen LogP contribution in [0.25, 0.3) is 0 Å². The number of benzene rings is 1. The van der Waals surface area contributed by atoms with Gasteiger partial charge in [0.25, 0.3) is 0 Å². The van der Waals surface area contributed by atoms with Crippen molar-refractivity contribution < 1.29 is 9.90 Å². The SMILES string of the molecule is CN(CCCCCO)Cc1ccc(CC(=O)NN)cc1. The van der Waals surface area contributed by atoms with Gasteiger partial charge in [0, 0.05) is 13.2 Å². The Hall–Kier alpha value is -1.43. The van der Waals surface area contributed by atoms with Gasteiger partial charge >= 0.3 is 0 Å². The molecule has 1 rings (SSSR count). The maximum absolute atomic E-state index is 11.2. The summed E-state index contributed by atoms with van der Waals surface area (Å²) in [5.74, 6) is 4.88. The third-order valence-electron chi connectivity index (χ3n) is 3.20. The normalized spacial score (nSPS) is 10.8. The minimum Gasteiger partial charge on any atom is -0.396 e. The Kier molecular flexibility index (Phi) is 7.87. The Balaban J connectivity index is 2.35. The minimum atomic E-state index is -0.182. The molecule has 5 nitrogen and oxygen atoms in total.